The first-order chi connectivity index (χ1) is 6.53. The average Bonchev–Trinajstić information content (AvgIpc) is 2.14. The summed E-state index contributed by atoms with van der Waals surface area (Å²) in [5, 5.41) is 0. The predicted octanol–water partition coefficient (Wildman–Crippen LogP) is 1.57. The predicted molar refractivity (Wildman–Crippen MR) is 52.2 cm³/mol. The molecule has 1 aromatic rings. The van der Waals surface area contributed by atoms with Crippen LogP contribution in [0.15, 0.2) is 24.3 Å². The van der Waals surface area contributed by atoms with Crippen molar-refractivity contribution in [2.75, 3.05) is 0 Å². The molecule has 1 rings (SSSR count). The Morgan fingerprint density at radius 3 is 2.36 bits per heavy atom. The van der Waals surface area contributed by atoms with E-state index in [-0.39, 0.29) is 6.61 Å². The zero-order valence-corrected chi connectivity index (χ0v) is 8.62. The van der Waals surface area contributed by atoms with Gasteiger partial charge in [0.2, 0.25) is 0 Å². The van der Waals surface area contributed by atoms with Crippen LogP contribution in [0.2, 0.25) is 0 Å². The van der Waals surface area contributed by atoms with Crippen molar-refractivity contribution in [3.05, 3.63) is 35.4 Å². The maximum atomic E-state index is 10.3. The summed E-state index contributed by atoms with van der Waals surface area (Å²) < 4.78 is 33.4. The summed E-state index contributed by atoms with van der Waals surface area (Å²) in [5.41, 5.74) is 1.78. The lowest BCUT2D eigenvalue weighted by Gasteiger charge is -2.05. The van der Waals surface area contributed by atoms with Crippen molar-refractivity contribution in [1.82, 2.24) is 0 Å². The quantitative estimate of drug-likeness (QED) is 0.776. The lowest BCUT2D eigenvalue weighted by atomic mass is 10.1. The zero-order chi connectivity index (χ0) is 10.6. The molecule has 0 aliphatic carbocycles. The van der Waals surface area contributed by atoms with Crippen molar-refractivity contribution in [2.45, 2.75) is 20.0 Å². The standard InChI is InChI=1S/C9H12O4S/c1-2-8-5-3-4-6-9(8)7-13-14(10,11)12/h3-6H,2,7H2,1H3,(H,10,11,12). The van der Waals surface area contributed by atoms with E-state index in [0.717, 1.165) is 17.5 Å². The number of aryl methyl sites for hydroxylation is 1. The Morgan fingerprint density at radius 1 is 1.29 bits per heavy atom. The van der Waals surface area contributed by atoms with Crippen LogP contribution < -0.4 is 0 Å². The largest absolute Gasteiger partial charge is 0.397 e. The first-order valence-electron chi connectivity index (χ1n) is 4.21. The van der Waals surface area contributed by atoms with Crippen LogP contribution in [-0.4, -0.2) is 13.0 Å². The van der Waals surface area contributed by atoms with Crippen molar-refractivity contribution in [3.8, 4) is 0 Å². The minimum Gasteiger partial charge on any atom is -0.264 e. The van der Waals surface area contributed by atoms with Gasteiger partial charge in [-0.2, -0.15) is 8.42 Å². The second-order valence-corrected chi connectivity index (χ2v) is 3.90. The van der Waals surface area contributed by atoms with E-state index < -0.39 is 10.4 Å². The molecule has 0 heterocycles. The molecular weight excluding hydrogens is 204 g/mol. The molecule has 1 N–H and O–H groups in total. The van der Waals surface area contributed by atoms with Gasteiger partial charge in [0.15, 0.2) is 0 Å². The zero-order valence-electron chi connectivity index (χ0n) is 7.80. The Balaban J connectivity index is 2.76. The average molecular weight is 216 g/mol. The lowest BCUT2D eigenvalue weighted by Crippen LogP contribution is -2.04. The van der Waals surface area contributed by atoms with Gasteiger partial charge in [-0.3, -0.25) is 4.55 Å². The number of hydrogen-bond donors (Lipinski definition) is 1. The Morgan fingerprint density at radius 2 is 1.86 bits per heavy atom. The second kappa shape index (κ2) is 4.54. The fourth-order valence-corrected chi connectivity index (χ4v) is 1.46. The fraction of sp³-hybridized carbons (Fsp3) is 0.333. The smallest absolute Gasteiger partial charge is 0.264 e. The molecule has 14 heavy (non-hydrogen) atoms. The van der Waals surface area contributed by atoms with Gasteiger partial charge in [0.1, 0.15) is 0 Å². The van der Waals surface area contributed by atoms with Gasteiger partial charge in [-0.1, -0.05) is 31.2 Å². The highest BCUT2D eigenvalue weighted by molar-refractivity contribution is 7.80. The van der Waals surface area contributed by atoms with Crippen molar-refractivity contribution in [1.29, 1.82) is 0 Å². The second-order valence-electron chi connectivity index (χ2n) is 2.81. The molecule has 1 aromatic carbocycles. The van der Waals surface area contributed by atoms with Gasteiger partial charge in [0.05, 0.1) is 6.61 Å². The van der Waals surface area contributed by atoms with E-state index >= 15 is 0 Å². The molecule has 0 saturated carbocycles. The van der Waals surface area contributed by atoms with Crippen LogP contribution in [0.5, 0.6) is 0 Å². The number of rotatable bonds is 4. The van der Waals surface area contributed by atoms with Gasteiger partial charge >= 0.3 is 10.4 Å². The summed E-state index contributed by atoms with van der Waals surface area (Å²) in [6.45, 7) is 1.84. The fourth-order valence-electron chi connectivity index (χ4n) is 1.18. The summed E-state index contributed by atoms with van der Waals surface area (Å²) in [4.78, 5) is 0. The molecule has 0 aliphatic heterocycles. The lowest BCUT2D eigenvalue weighted by molar-refractivity contribution is 0.259. The van der Waals surface area contributed by atoms with E-state index in [2.05, 4.69) is 4.18 Å². The summed E-state index contributed by atoms with van der Waals surface area (Å²) in [7, 11) is -4.35. The highest BCUT2D eigenvalue weighted by Crippen LogP contribution is 2.11. The maximum absolute atomic E-state index is 10.3. The normalized spacial score (nSPS) is 11.6. The molecular formula is C9H12O4S. The van der Waals surface area contributed by atoms with Gasteiger partial charge in [-0.25, -0.2) is 4.18 Å². The number of hydrogen-bond acceptors (Lipinski definition) is 3. The van der Waals surface area contributed by atoms with Crippen LogP contribution in [0.25, 0.3) is 0 Å². The molecule has 0 aromatic heterocycles. The molecule has 0 unspecified atom stereocenters. The molecule has 0 radical (unpaired) electrons. The third kappa shape index (κ3) is 3.45. The monoisotopic (exact) mass is 216 g/mol. The Kier molecular flexibility index (Phi) is 3.62. The van der Waals surface area contributed by atoms with Crippen LogP contribution in [0.3, 0.4) is 0 Å². The Labute approximate surface area is 83.5 Å². The summed E-state index contributed by atoms with van der Waals surface area (Å²) >= 11 is 0. The topological polar surface area (TPSA) is 63.6 Å². The van der Waals surface area contributed by atoms with E-state index in [1.165, 1.54) is 0 Å². The third-order valence-electron chi connectivity index (χ3n) is 1.86. The molecule has 0 aliphatic rings. The van der Waals surface area contributed by atoms with Crippen molar-refractivity contribution in [2.24, 2.45) is 0 Å². The van der Waals surface area contributed by atoms with Gasteiger partial charge in [-0.05, 0) is 17.5 Å². The first-order valence-corrected chi connectivity index (χ1v) is 5.58. The SMILES string of the molecule is CCc1ccccc1COS(=O)(=O)O. The highest BCUT2D eigenvalue weighted by Gasteiger charge is 2.06. The third-order valence-corrected chi connectivity index (χ3v) is 2.28. The van der Waals surface area contributed by atoms with Crippen LogP contribution in [0, 0.1) is 0 Å². The van der Waals surface area contributed by atoms with E-state index in [9.17, 15) is 8.42 Å². The minimum absolute atomic E-state index is 0.122. The first kappa shape index (κ1) is 11.2. The van der Waals surface area contributed by atoms with E-state index in [0.29, 0.717) is 0 Å². The van der Waals surface area contributed by atoms with Crippen LogP contribution in [0.4, 0.5) is 0 Å². The summed E-state index contributed by atoms with van der Waals surface area (Å²) in [5.74, 6) is 0. The van der Waals surface area contributed by atoms with Crippen LogP contribution in [-0.2, 0) is 27.6 Å². The molecule has 0 bridgehead atoms. The molecule has 0 saturated heterocycles. The molecule has 0 fully saturated rings. The molecule has 78 valence electrons. The molecule has 0 atom stereocenters. The summed E-state index contributed by atoms with van der Waals surface area (Å²) in [6.07, 6.45) is 0.797. The minimum atomic E-state index is -4.35. The van der Waals surface area contributed by atoms with Crippen molar-refractivity contribution < 1.29 is 17.2 Å². The Bertz CT molecular complexity index is 397. The molecule has 0 spiro atoms. The summed E-state index contributed by atoms with van der Waals surface area (Å²) in [6, 6.07) is 7.32. The highest BCUT2D eigenvalue weighted by atomic mass is 32.3. The van der Waals surface area contributed by atoms with Gasteiger partial charge in [-0.15, -0.1) is 0 Å². The van der Waals surface area contributed by atoms with Crippen LogP contribution >= 0.6 is 0 Å². The Hall–Kier alpha value is -0.910. The van der Waals surface area contributed by atoms with Crippen LogP contribution in [0.1, 0.15) is 18.1 Å². The van der Waals surface area contributed by atoms with Crippen molar-refractivity contribution >= 4 is 10.4 Å². The molecule has 0 amide bonds. The van der Waals surface area contributed by atoms with E-state index in [4.69, 9.17) is 4.55 Å². The maximum Gasteiger partial charge on any atom is 0.397 e. The number of benzene rings is 1. The molecule has 5 heteroatoms. The van der Waals surface area contributed by atoms with E-state index in [1.807, 2.05) is 19.1 Å². The van der Waals surface area contributed by atoms with Gasteiger partial charge in [0, 0.05) is 0 Å². The molecule has 4 nitrogen and oxygen atoms in total. The van der Waals surface area contributed by atoms with E-state index in [1.54, 1.807) is 12.1 Å². The van der Waals surface area contributed by atoms with Crippen molar-refractivity contribution in [3.63, 3.8) is 0 Å². The van der Waals surface area contributed by atoms with Gasteiger partial charge < -0.3 is 0 Å². The van der Waals surface area contributed by atoms with Gasteiger partial charge in [0.25, 0.3) is 0 Å².